The van der Waals surface area contributed by atoms with E-state index in [0.29, 0.717) is 70.4 Å². The van der Waals surface area contributed by atoms with Crippen molar-refractivity contribution >= 4 is 36.5 Å². The zero-order chi connectivity index (χ0) is 32.6. The average Bonchev–Trinajstić information content (AvgIpc) is 3.44. The van der Waals surface area contributed by atoms with E-state index in [4.69, 9.17) is 16.3 Å². The van der Waals surface area contributed by atoms with Gasteiger partial charge in [0.25, 0.3) is 5.91 Å². The van der Waals surface area contributed by atoms with Gasteiger partial charge in [0.05, 0.1) is 31.0 Å². The molecule has 1 aromatic carbocycles. The lowest BCUT2D eigenvalue weighted by atomic mass is 10.1. The highest BCUT2D eigenvalue weighted by Crippen LogP contribution is 2.32. The molecule has 45 heavy (non-hydrogen) atoms. The Labute approximate surface area is 265 Å². The van der Waals surface area contributed by atoms with Gasteiger partial charge in [-0.3, -0.25) is 14.6 Å². The normalized spacial score (nSPS) is 17.7. The Hall–Kier alpha value is -3.82. The minimum Gasteiger partial charge on any atom is -0.377 e. The highest BCUT2D eigenvalue weighted by atomic mass is 35.5. The molecule has 3 aliphatic heterocycles. The summed E-state index contributed by atoms with van der Waals surface area (Å²) < 4.78 is 44.9. The van der Waals surface area contributed by atoms with Crippen molar-refractivity contribution in [1.29, 1.82) is 0 Å². The Balaban J connectivity index is 1.52. The number of alkyl halides is 3. The molecule has 2 N–H and O–H groups in total. The number of allylic oxidation sites excluding steroid dienone is 1. The van der Waals surface area contributed by atoms with E-state index in [1.165, 1.54) is 11.6 Å². The molecule has 0 bridgehead atoms. The van der Waals surface area contributed by atoms with Gasteiger partial charge in [-0.1, -0.05) is 36.2 Å². The maximum atomic E-state index is 14.1. The van der Waals surface area contributed by atoms with Gasteiger partial charge in [0.15, 0.2) is 0 Å². The molecule has 16 heteroatoms. The number of hydrazone groups is 2. The number of hydrazine groups is 1. The molecule has 12 nitrogen and oxygen atoms in total. The molecule has 0 aliphatic carbocycles. The number of hydrogen-bond acceptors (Lipinski definition) is 10. The summed E-state index contributed by atoms with van der Waals surface area (Å²) in [6.07, 6.45) is 0.362. The first-order chi connectivity index (χ1) is 21.5. The van der Waals surface area contributed by atoms with Gasteiger partial charge in [0.2, 0.25) is 5.91 Å². The van der Waals surface area contributed by atoms with Crippen molar-refractivity contribution in [3.05, 3.63) is 57.4 Å². The van der Waals surface area contributed by atoms with Crippen LogP contribution in [0.2, 0.25) is 5.02 Å². The molecule has 246 valence electrons. The molecule has 0 spiro atoms. The van der Waals surface area contributed by atoms with Gasteiger partial charge in [0.1, 0.15) is 25.2 Å². The first kappa shape index (κ1) is 34.1. The second kappa shape index (κ2) is 15.5. The quantitative estimate of drug-likeness (QED) is 0.154. The number of hydrogen-bond donors (Lipinski definition) is 2. The highest BCUT2D eigenvalue weighted by Gasteiger charge is 2.33. The first-order valence-electron chi connectivity index (χ1n) is 14.6. The summed E-state index contributed by atoms with van der Waals surface area (Å²) in [6, 6.07) is 2.98. The third-order valence-electron chi connectivity index (χ3n) is 7.62. The standard InChI is InChI=1S/C29H39ClF3N9O3/c1-4-25(37-35-16-21-7-13-45-14-8-21)27(40-11-9-39(10-12-40)26(43)18-41-20-38(3)19-36-41)28(44)42(34-2)17-22-5-6-23(15-24(22)30)29(31,32)33/h5-7,15,19,35,37H,2,4,8-14,16-18,20H2,1,3H3/b27-25+. The Kier molecular flexibility index (Phi) is 11.7. The van der Waals surface area contributed by atoms with Gasteiger partial charge in [0, 0.05) is 51.5 Å². The molecule has 0 aromatic heterocycles. The number of piperazine rings is 1. The fraction of sp³-hybridized carbons (Fsp3) is 0.517. The molecule has 1 fully saturated rings. The van der Waals surface area contributed by atoms with E-state index in [2.05, 4.69) is 27.8 Å². The summed E-state index contributed by atoms with van der Waals surface area (Å²) in [7, 11) is 1.87. The number of nitrogens with zero attached hydrogens (tertiary/aromatic N) is 7. The lowest BCUT2D eigenvalue weighted by molar-refractivity contribution is -0.138. The molecule has 2 amide bonds. The number of halogens is 4. The smallest absolute Gasteiger partial charge is 0.377 e. The summed E-state index contributed by atoms with van der Waals surface area (Å²) in [5, 5.41) is 10.8. The number of rotatable bonds is 12. The van der Waals surface area contributed by atoms with E-state index in [1.54, 1.807) is 16.2 Å². The van der Waals surface area contributed by atoms with E-state index < -0.39 is 17.6 Å². The molecule has 0 saturated carbocycles. The Bertz CT molecular complexity index is 1330. The second-order valence-corrected chi connectivity index (χ2v) is 11.2. The largest absolute Gasteiger partial charge is 0.416 e. The SMILES string of the molecule is C=NN(Cc1ccc(C(F)(F)F)cc1Cl)C(=O)/C(=C(/CC)NNCC1=CCOCC1)N1CCN(C(=O)CN2CN(C)C=N2)CC1. The van der Waals surface area contributed by atoms with Crippen LogP contribution in [0.25, 0.3) is 0 Å². The molecule has 3 heterocycles. The highest BCUT2D eigenvalue weighted by molar-refractivity contribution is 6.31. The van der Waals surface area contributed by atoms with Crippen LogP contribution in [0.15, 0.2) is 51.4 Å². The Morgan fingerprint density at radius 1 is 1.20 bits per heavy atom. The van der Waals surface area contributed by atoms with E-state index in [-0.39, 0.29) is 29.6 Å². The van der Waals surface area contributed by atoms with Crippen LogP contribution in [-0.2, 0) is 27.0 Å². The minimum absolute atomic E-state index is 0.0643. The number of ether oxygens (including phenoxy) is 1. The molecular formula is C29H39ClF3N9O3. The summed E-state index contributed by atoms with van der Waals surface area (Å²) in [4.78, 5) is 32.6. The van der Waals surface area contributed by atoms with Crippen molar-refractivity contribution in [2.24, 2.45) is 10.2 Å². The van der Waals surface area contributed by atoms with Crippen LogP contribution in [0.3, 0.4) is 0 Å². The van der Waals surface area contributed by atoms with Crippen LogP contribution in [-0.4, -0.2) is 116 Å². The molecule has 0 radical (unpaired) electrons. The van der Waals surface area contributed by atoms with Gasteiger partial charge in [-0.15, -0.1) is 0 Å². The number of carbonyl (C=O) groups is 2. The molecule has 3 aliphatic rings. The van der Waals surface area contributed by atoms with Gasteiger partial charge >= 0.3 is 6.18 Å². The van der Waals surface area contributed by atoms with Gasteiger partial charge in [-0.2, -0.15) is 23.4 Å². The molecule has 0 atom stereocenters. The van der Waals surface area contributed by atoms with Crippen molar-refractivity contribution in [3.8, 4) is 0 Å². The molecule has 0 unspecified atom stereocenters. The fourth-order valence-electron chi connectivity index (χ4n) is 5.10. The third kappa shape index (κ3) is 9.11. The second-order valence-electron chi connectivity index (χ2n) is 10.8. The van der Waals surface area contributed by atoms with E-state index in [1.807, 2.05) is 29.8 Å². The topological polar surface area (TPSA) is 108 Å². The van der Waals surface area contributed by atoms with Crippen LogP contribution >= 0.6 is 11.6 Å². The lowest BCUT2D eigenvalue weighted by Gasteiger charge is -2.38. The number of nitrogens with one attached hydrogen (secondary N) is 2. The minimum atomic E-state index is -4.55. The van der Waals surface area contributed by atoms with E-state index in [0.717, 1.165) is 23.6 Å². The first-order valence-corrected chi connectivity index (χ1v) is 15.0. The van der Waals surface area contributed by atoms with Crippen LogP contribution < -0.4 is 10.9 Å². The van der Waals surface area contributed by atoms with Crippen LogP contribution in [0, 0.1) is 0 Å². The maximum absolute atomic E-state index is 14.1. The summed E-state index contributed by atoms with van der Waals surface area (Å²) in [5.41, 5.74) is 7.87. The summed E-state index contributed by atoms with van der Waals surface area (Å²) in [6.45, 7) is 9.18. The number of benzene rings is 1. The number of amides is 2. The van der Waals surface area contributed by atoms with E-state index in [9.17, 15) is 22.8 Å². The summed E-state index contributed by atoms with van der Waals surface area (Å²) >= 11 is 6.20. The van der Waals surface area contributed by atoms with Crippen molar-refractivity contribution in [1.82, 2.24) is 35.6 Å². The summed E-state index contributed by atoms with van der Waals surface area (Å²) in [5.74, 6) is -0.572. The van der Waals surface area contributed by atoms with Crippen molar-refractivity contribution < 1.29 is 27.5 Å². The zero-order valence-electron chi connectivity index (χ0n) is 25.4. The van der Waals surface area contributed by atoms with Gasteiger partial charge < -0.3 is 24.9 Å². The van der Waals surface area contributed by atoms with Gasteiger partial charge in [-0.25, -0.2) is 10.4 Å². The maximum Gasteiger partial charge on any atom is 0.416 e. The van der Waals surface area contributed by atoms with Crippen LogP contribution in [0.1, 0.15) is 30.9 Å². The van der Waals surface area contributed by atoms with Crippen molar-refractivity contribution in [2.75, 3.05) is 66.2 Å². The van der Waals surface area contributed by atoms with Crippen molar-refractivity contribution in [3.63, 3.8) is 0 Å². The third-order valence-corrected chi connectivity index (χ3v) is 7.98. The lowest BCUT2D eigenvalue weighted by Crippen LogP contribution is -2.52. The molecule has 4 rings (SSSR count). The van der Waals surface area contributed by atoms with Crippen LogP contribution in [0.5, 0.6) is 0 Å². The molecule has 1 saturated heterocycles. The Morgan fingerprint density at radius 2 is 1.93 bits per heavy atom. The van der Waals surface area contributed by atoms with E-state index >= 15 is 0 Å². The number of carbonyl (C=O) groups excluding carboxylic acids is 2. The molecule has 1 aromatic rings. The predicted octanol–water partition coefficient (Wildman–Crippen LogP) is 2.66. The predicted molar refractivity (Wildman–Crippen MR) is 165 cm³/mol. The molecular weight excluding hydrogens is 615 g/mol. The fourth-order valence-corrected chi connectivity index (χ4v) is 5.34. The Morgan fingerprint density at radius 3 is 2.51 bits per heavy atom. The monoisotopic (exact) mass is 653 g/mol. The van der Waals surface area contributed by atoms with Crippen LogP contribution in [0.4, 0.5) is 13.2 Å². The zero-order valence-corrected chi connectivity index (χ0v) is 26.2. The van der Waals surface area contributed by atoms with Crippen molar-refractivity contribution in [2.45, 2.75) is 32.5 Å². The average molecular weight is 654 g/mol. The van der Waals surface area contributed by atoms with Gasteiger partial charge in [-0.05, 0) is 30.5 Å².